The van der Waals surface area contributed by atoms with Crippen LogP contribution in [0.1, 0.15) is 21.5 Å². The Morgan fingerprint density at radius 2 is 2.00 bits per heavy atom. The lowest BCUT2D eigenvalue weighted by atomic mass is 10.1. The highest BCUT2D eigenvalue weighted by atomic mass is 32.1. The van der Waals surface area contributed by atoms with Gasteiger partial charge in [0, 0.05) is 0 Å². The molecule has 0 aliphatic carbocycles. The van der Waals surface area contributed by atoms with Crippen molar-refractivity contribution in [1.29, 1.82) is 0 Å². The van der Waals surface area contributed by atoms with E-state index in [1.54, 1.807) is 29.5 Å². The van der Waals surface area contributed by atoms with Crippen LogP contribution in [0.25, 0.3) is 12.2 Å². The van der Waals surface area contributed by atoms with Gasteiger partial charge in [-0.2, -0.15) is 11.3 Å². The third-order valence-electron chi connectivity index (χ3n) is 2.14. The summed E-state index contributed by atoms with van der Waals surface area (Å²) >= 11 is 1.64. The average Bonchev–Trinajstić information content (AvgIpc) is 2.79. The van der Waals surface area contributed by atoms with Gasteiger partial charge in [-0.15, -0.1) is 0 Å². The van der Waals surface area contributed by atoms with E-state index in [-0.39, 0.29) is 0 Å². The van der Waals surface area contributed by atoms with Crippen molar-refractivity contribution in [2.75, 3.05) is 0 Å². The highest BCUT2D eigenvalue weighted by Crippen LogP contribution is 2.12. The highest BCUT2D eigenvalue weighted by molar-refractivity contribution is 7.08. The Kier molecular flexibility index (Phi) is 3.17. The summed E-state index contributed by atoms with van der Waals surface area (Å²) in [5.74, 6) is -0.897. The molecule has 16 heavy (non-hydrogen) atoms. The fourth-order valence-corrected chi connectivity index (χ4v) is 1.97. The quantitative estimate of drug-likeness (QED) is 0.874. The molecule has 0 aliphatic rings. The minimum atomic E-state index is -0.897. The SMILES string of the molecule is O=C(O)c1cccc(C=Cc2ccsc2)c1. The molecule has 0 radical (unpaired) electrons. The molecule has 1 aromatic heterocycles. The van der Waals surface area contributed by atoms with Crippen LogP contribution in [0.5, 0.6) is 0 Å². The third kappa shape index (κ3) is 2.58. The number of hydrogen-bond acceptors (Lipinski definition) is 2. The normalized spacial score (nSPS) is 10.8. The van der Waals surface area contributed by atoms with E-state index in [2.05, 4.69) is 0 Å². The lowest BCUT2D eigenvalue weighted by Gasteiger charge is -1.96. The molecule has 0 bridgehead atoms. The fraction of sp³-hybridized carbons (Fsp3) is 0. The Labute approximate surface area is 97.5 Å². The summed E-state index contributed by atoms with van der Waals surface area (Å²) in [4.78, 5) is 10.8. The molecule has 0 unspecified atom stereocenters. The number of benzene rings is 1. The molecule has 0 atom stereocenters. The van der Waals surface area contributed by atoms with Gasteiger partial charge in [0.2, 0.25) is 0 Å². The highest BCUT2D eigenvalue weighted by Gasteiger charge is 2.00. The maximum atomic E-state index is 10.8. The predicted octanol–water partition coefficient (Wildman–Crippen LogP) is 3.62. The first-order chi connectivity index (χ1) is 7.75. The minimum absolute atomic E-state index is 0.312. The Balaban J connectivity index is 2.22. The lowest BCUT2D eigenvalue weighted by Crippen LogP contribution is -1.95. The molecule has 3 heteroatoms. The topological polar surface area (TPSA) is 37.3 Å². The molecular weight excluding hydrogens is 220 g/mol. The average molecular weight is 230 g/mol. The van der Waals surface area contributed by atoms with E-state index in [4.69, 9.17) is 5.11 Å². The van der Waals surface area contributed by atoms with Crippen molar-refractivity contribution in [3.63, 3.8) is 0 Å². The van der Waals surface area contributed by atoms with E-state index < -0.39 is 5.97 Å². The number of carboxylic acid groups (broad SMARTS) is 1. The molecule has 80 valence electrons. The van der Waals surface area contributed by atoms with Crippen molar-refractivity contribution in [2.45, 2.75) is 0 Å². The molecule has 1 heterocycles. The number of carbonyl (C=O) groups is 1. The zero-order chi connectivity index (χ0) is 11.4. The van der Waals surface area contributed by atoms with Crippen LogP contribution in [0.3, 0.4) is 0 Å². The summed E-state index contributed by atoms with van der Waals surface area (Å²) in [6.07, 6.45) is 3.88. The van der Waals surface area contributed by atoms with Crippen molar-refractivity contribution in [3.8, 4) is 0 Å². The number of thiophene rings is 1. The standard InChI is InChI=1S/C13H10O2S/c14-13(15)12-3-1-2-10(8-12)4-5-11-6-7-16-9-11/h1-9H,(H,14,15). The van der Waals surface area contributed by atoms with Crippen LogP contribution < -0.4 is 0 Å². The van der Waals surface area contributed by atoms with E-state index in [1.165, 1.54) is 0 Å². The molecule has 0 saturated heterocycles. The zero-order valence-corrected chi connectivity index (χ0v) is 9.28. The van der Waals surface area contributed by atoms with Gasteiger partial charge in [0.05, 0.1) is 5.56 Å². The molecule has 1 N–H and O–H groups in total. The van der Waals surface area contributed by atoms with E-state index >= 15 is 0 Å². The van der Waals surface area contributed by atoms with Crippen molar-refractivity contribution in [2.24, 2.45) is 0 Å². The summed E-state index contributed by atoms with van der Waals surface area (Å²) in [6, 6.07) is 8.89. The fourth-order valence-electron chi connectivity index (χ4n) is 1.34. The molecule has 0 spiro atoms. The first kappa shape index (κ1) is 10.6. The van der Waals surface area contributed by atoms with Gasteiger partial charge in [0.1, 0.15) is 0 Å². The summed E-state index contributed by atoms with van der Waals surface area (Å²) < 4.78 is 0. The van der Waals surface area contributed by atoms with Gasteiger partial charge < -0.3 is 5.11 Å². The van der Waals surface area contributed by atoms with Gasteiger partial charge in [0.15, 0.2) is 0 Å². The summed E-state index contributed by atoms with van der Waals surface area (Å²) in [7, 11) is 0. The Morgan fingerprint density at radius 3 is 2.69 bits per heavy atom. The molecule has 0 aliphatic heterocycles. The largest absolute Gasteiger partial charge is 0.478 e. The van der Waals surface area contributed by atoms with Crippen LogP contribution in [0, 0.1) is 0 Å². The van der Waals surface area contributed by atoms with Crippen molar-refractivity contribution in [3.05, 3.63) is 57.8 Å². The number of aromatic carboxylic acids is 1. The summed E-state index contributed by atoms with van der Waals surface area (Å²) in [5.41, 5.74) is 2.34. The maximum absolute atomic E-state index is 10.8. The van der Waals surface area contributed by atoms with Crippen LogP contribution in [-0.4, -0.2) is 11.1 Å². The van der Waals surface area contributed by atoms with E-state index in [0.29, 0.717) is 5.56 Å². The van der Waals surface area contributed by atoms with Crippen LogP contribution in [0.4, 0.5) is 0 Å². The Bertz CT molecular complexity index is 512. The first-order valence-electron chi connectivity index (χ1n) is 4.79. The molecular formula is C13H10O2S. The van der Waals surface area contributed by atoms with Gasteiger partial charge in [-0.05, 0) is 40.1 Å². The lowest BCUT2D eigenvalue weighted by molar-refractivity contribution is 0.0697. The van der Waals surface area contributed by atoms with Crippen molar-refractivity contribution >= 4 is 29.5 Å². The van der Waals surface area contributed by atoms with E-state index in [9.17, 15) is 4.79 Å². The second kappa shape index (κ2) is 4.77. The molecule has 2 rings (SSSR count). The summed E-state index contributed by atoms with van der Waals surface area (Å²) in [6.45, 7) is 0. The maximum Gasteiger partial charge on any atom is 0.335 e. The second-order valence-corrected chi connectivity index (χ2v) is 4.10. The Hall–Kier alpha value is -1.87. The summed E-state index contributed by atoms with van der Waals surface area (Å²) in [5, 5.41) is 12.9. The third-order valence-corrected chi connectivity index (χ3v) is 2.85. The van der Waals surface area contributed by atoms with Gasteiger partial charge in [0.25, 0.3) is 0 Å². The molecule has 0 fully saturated rings. The second-order valence-electron chi connectivity index (χ2n) is 3.32. The van der Waals surface area contributed by atoms with E-state index in [1.807, 2.05) is 35.0 Å². The monoisotopic (exact) mass is 230 g/mol. The molecule has 2 nitrogen and oxygen atoms in total. The van der Waals surface area contributed by atoms with E-state index in [0.717, 1.165) is 11.1 Å². The van der Waals surface area contributed by atoms with Crippen LogP contribution in [0.2, 0.25) is 0 Å². The molecule has 1 aromatic carbocycles. The van der Waals surface area contributed by atoms with Crippen LogP contribution in [0.15, 0.2) is 41.1 Å². The first-order valence-corrected chi connectivity index (χ1v) is 5.73. The van der Waals surface area contributed by atoms with Gasteiger partial charge in [-0.25, -0.2) is 4.79 Å². The van der Waals surface area contributed by atoms with Crippen molar-refractivity contribution in [1.82, 2.24) is 0 Å². The predicted molar refractivity (Wildman–Crippen MR) is 66.6 cm³/mol. The van der Waals surface area contributed by atoms with Gasteiger partial charge in [-0.3, -0.25) is 0 Å². The molecule has 0 saturated carbocycles. The Morgan fingerprint density at radius 1 is 1.19 bits per heavy atom. The van der Waals surface area contributed by atoms with Gasteiger partial charge >= 0.3 is 5.97 Å². The smallest absolute Gasteiger partial charge is 0.335 e. The number of hydrogen-bond donors (Lipinski definition) is 1. The van der Waals surface area contributed by atoms with Crippen molar-refractivity contribution < 1.29 is 9.90 Å². The zero-order valence-electron chi connectivity index (χ0n) is 8.46. The van der Waals surface area contributed by atoms with Gasteiger partial charge in [-0.1, -0.05) is 24.3 Å². The number of rotatable bonds is 3. The molecule has 0 amide bonds. The molecule has 2 aromatic rings. The number of carboxylic acids is 1. The minimum Gasteiger partial charge on any atom is -0.478 e. The van der Waals surface area contributed by atoms with Crippen LogP contribution >= 0.6 is 11.3 Å². The van der Waals surface area contributed by atoms with Crippen LogP contribution in [-0.2, 0) is 0 Å².